The lowest BCUT2D eigenvalue weighted by Crippen LogP contribution is -2.24. The summed E-state index contributed by atoms with van der Waals surface area (Å²) >= 11 is 11.8. The molecule has 1 amide bonds. The molecular weight excluding hydrogens is 459 g/mol. The van der Waals surface area contributed by atoms with Crippen molar-refractivity contribution in [3.8, 4) is 17.2 Å². The van der Waals surface area contributed by atoms with Crippen LogP contribution in [0.4, 0.5) is 0 Å². The molecule has 1 N–H and O–H groups in total. The Morgan fingerprint density at radius 2 is 1.88 bits per heavy atom. The Hall–Kier alpha value is -3.49. The molecule has 3 aromatic rings. The molecule has 1 aromatic heterocycles. The number of carbonyl (C=O) groups excluding carboxylic acids is 2. The van der Waals surface area contributed by atoms with Crippen molar-refractivity contribution in [2.24, 2.45) is 5.10 Å². The Morgan fingerprint density at radius 3 is 2.59 bits per heavy atom. The van der Waals surface area contributed by atoms with E-state index >= 15 is 0 Å². The first-order valence-electron chi connectivity index (χ1n) is 9.38. The van der Waals surface area contributed by atoms with Crippen molar-refractivity contribution in [1.82, 2.24) is 5.43 Å². The Bertz CT molecular complexity index is 1120. The van der Waals surface area contributed by atoms with Crippen LogP contribution in [0.3, 0.4) is 0 Å². The molecule has 10 heteroatoms. The first kappa shape index (κ1) is 23.2. The number of carbonyl (C=O) groups is 2. The second-order valence-electron chi connectivity index (χ2n) is 6.16. The second-order valence-corrected chi connectivity index (χ2v) is 7.01. The van der Waals surface area contributed by atoms with E-state index < -0.39 is 11.9 Å². The molecule has 0 saturated carbocycles. The van der Waals surface area contributed by atoms with Gasteiger partial charge in [-0.1, -0.05) is 23.2 Å². The number of amides is 1. The summed E-state index contributed by atoms with van der Waals surface area (Å²) in [6.07, 6.45) is 2.79. The number of nitrogens with one attached hydrogen (secondary N) is 1. The molecule has 32 heavy (non-hydrogen) atoms. The summed E-state index contributed by atoms with van der Waals surface area (Å²) in [6, 6.07) is 12.6. The molecule has 0 saturated heterocycles. The van der Waals surface area contributed by atoms with Gasteiger partial charge in [-0.25, -0.2) is 10.2 Å². The van der Waals surface area contributed by atoms with Gasteiger partial charge in [-0.3, -0.25) is 4.79 Å². The number of halogens is 2. The van der Waals surface area contributed by atoms with Crippen LogP contribution in [-0.2, 0) is 4.79 Å². The summed E-state index contributed by atoms with van der Waals surface area (Å²) in [6.45, 7) is 1.86. The molecule has 0 spiro atoms. The van der Waals surface area contributed by atoms with E-state index in [1.165, 1.54) is 24.6 Å². The molecule has 8 nitrogen and oxygen atoms in total. The van der Waals surface area contributed by atoms with E-state index in [4.69, 9.17) is 41.8 Å². The Labute approximate surface area is 193 Å². The Balaban J connectivity index is 1.58. The number of furan rings is 1. The van der Waals surface area contributed by atoms with Gasteiger partial charge in [-0.15, -0.1) is 0 Å². The van der Waals surface area contributed by atoms with E-state index in [9.17, 15) is 9.59 Å². The van der Waals surface area contributed by atoms with E-state index in [0.717, 1.165) is 0 Å². The highest BCUT2D eigenvalue weighted by molar-refractivity contribution is 6.35. The first-order valence-corrected chi connectivity index (χ1v) is 10.1. The third-order valence-electron chi connectivity index (χ3n) is 3.85. The molecule has 0 bridgehead atoms. The van der Waals surface area contributed by atoms with Crippen molar-refractivity contribution >= 4 is 41.3 Å². The van der Waals surface area contributed by atoms with Gasteiger partial charge in [0.1, 0.15) is 5.75 Å². The van der Waals surface area contributed by atoms with Gasteiger partial charge >= 0.3 is 5.97 Å². The minimum Gasteiger partial charge on any atom is -0.490 e. The summed E-state index contributed by atoms with van der Waals surface area (Å²) < 4.78 is 21.2. The van der Waals surface area contributed by atoms with Crippen LogP contribution in [0.15, 0.2) is 64.3 Å². The number of nitrogens with zero attached hydrogens (tertiary/aromatic N) is 1. The maximum atomic E-state index is 12.1. The summed E-state index contributed by atoms with van der Waals surface area (Å²) in [5.74, 6) is -0.170. The number of hydrazone groups is 1. The van der Waals surface area contributed by atoms with E-state index in [0.29, 0.717) is 33.7 Å². The standard InChI is InChI=1S/C22H18Cl2N2O6/c1-2-29-20-10-14(5-7-18(20)32-22(28)19-4-3-9-30-19)12-25-26-21(27)13-31-17-8-6-15(23)11-16(17)24/h3-12H,2,13H2,1H3,(H,26,27). The highest BCUT2D eigenvalue weighted by Gasteiger charge is 2.15. The average Bonchev–Trinajstić information content (AvgIpc) is 3.30. The lowest BCUT2D eigenvalue weighted by atomic mass is 10.2. The maximum Gasteiger partial charge on any atom is 0.379 e. The molecule has 0 atom stereocenters. The molecule has 166 valence electrons. The Kier molecular flexibility index (Phi) is 8.13. The fourth-order valence-electron chi connectivity index (χ4n) is 2.45. The fraction of sp³-hybridized carbons (Fsp3) is 0.136. The third-order valence-corrected chi connectivity index (χ3v) is 4.38. The highest BCUT2D eigenvalue weighted by Crippen LogP contribution is 2.29. The number of hydrogen-bond acceptors (Lipinski definition) is 7. The normalized spacial score (nSPS) is 10.7. The third kappa shape index (κ3) is 6.50. The van der Waals surface area contributed by atoms with Crippen molar-refractivity contribution < 1.29 is 28.2 Å². The summed E-state index contributed by atoms with van der Waals surface area (Å²) in [5.41, 5.74) is 2.95. The summed E-state index contributed by atoms with van der Waals surface area (Å²) in [4.78, 5) is 24.0. The maximum absolute atomic E-state index is 12.1. The van der Waals surface area contributed by atoms with Crippen LogP contribution in [0.2, 0.25) is 10.0 Å². The van der Waals surface area contributed by atoms with E-state index in [1.54, 1.807) is 43.3 Å². The number of rotatable bonds is 9. The minimum absolute atomic E-state index is 0.0721. The van der Waals surface area contributed by atoms with E-state index in [-0.39, 0.29) is 18.1 Å². The lowest BCUT2D eigenvalue weighted by molar-refractivity contribution is -0.123. The van der Waals surface area contributed by atoms with Crippen LogP contribution in [-0.4, -0.2) is 31.3 Å². The van der Waals surface area contributed by atoms with Gasteiger partial charge in [-0.2, -0.15) is 5.10 Å². The molecule has 3 rings (SSSR count). The molecule has 0 aliphatic rings. The van der Waals surface area contributed by atoms with Crippen LogP contribution in [0, 0.1) is 0 Å². The molecule has 0 aliphatic heterocycles. The van der Waals surface area contributed by atoms with Crippen molar-refractivity contribution in [1.29, 1.82) is 0 Å². The fourth-order valence-corrected chi connectivity index (χ4v) is 2.91. The van der Waals surface area contributed by atoms with Crippen molar-refractivity contribution in [3.63, 3.8) is 0 Å². The quantitative estimate of drug-likeness (QED) is 0.207. The topological polar surface area (TPSA) is 99.4 Å². The molecule has 2 aromatic carbocycles. The lowest BCUT2D eigenvalue weighted by Gasteiger charge is -2.10. The predicted octanol–water partition coefficient (Wildman–Crippen LogP) is 4.73. The van der Waals surface area contributed by atoms with Gasteiger partial charge in [-0.05, 0) is 61.0 Å². The van der Waals surface area contributed by atoms with Gasteiger partial charge in [0.05, 0.1) is 24.1 Å². The first-order chi connectivity index (χ1) is 15.5. The zero-order valence-corrected chi connectivity index (χ0v) is 18.4. The summed E-state index contributed by atoms with van der Waals surface area (Å²) in [7, 11) is 0. The van der Waals surface area contributed by atoms with Crippen LogP contribution in [0.25, 0.3) is 0 Å². The zero-order valence-electron chi connectivity index (χ0n) is 16.8. The molecule has 0 fully saturated rings. The van der Waals surface area contributed by atoms with E-state index in [2.05, 4.69) is 10.5 Å². The second kappa shape index (κ2) is 11.2. The number of ether oxygens (including phenoxy) is 3. The molecule has 0 unspecified atom stereocenters. The summed E-state index contributed by atoms with van der Waals surface area (Å²) in [5, 5.41) is 4.64. The number of benzene rings is 2. The van der Waals surface area contributed by atoms with Gasteiger partial charge < -0.3 is 18.6 Å². The Morgan fingerprint density at radius 1 is 1.06 bits per heavy atom. The zero-order chi connectivity index (χ0) is 22.9. The van der Waals surface area contributed by atoms with Gasteiger partial charge in [0.25, 0.3) is 5.91 Å². The van der Waals surface area contributed by atoms with E-state index in [1.807, 2.05) is 0 Å². The number of esters is 1. The molecule has 1 heterocycles. The highest BCUT2D eigenvalue weighted by atomic mass is 35.5. The molecule has 0 aliphatic carbocycles. The predicted molar refractivity (Wildman–Crippen MR) is 119 cm³/mol. The van der Waals surface area contributed by atoms with Crippen molar-refractivity contribution in [2.45, 2.75) is 6.92 Å². The van der Waals surface area contributed by atoms with Crippen LogP contribution in [0.5, 0.6) is 17.2 Å². The van der Waals surface area contributed by atoms with Gasteiger partial charge in [0.2, 0.25) is 5.76 Å². The number of hydrogen-bond donors (Lipinski definition) is 1. The van der Waals surface area contributed by atoms with Crippen molar-refractivity contribution in [3.05, 3.63) is 76.2 Å². The largest absolute Gasteiger partial charge is 0.490 e. The molecule has 0 radical (unpaired) electrons. The monoisotopic (exact) mass is 476 g/mol. The van der Waals surface area contributed by atoms with Gasteiger partial charge in [0, 0.05) is 5.02 Å². The minimum atomic E-state index is -0.648. The van der Waals surface area contributed by atoms with Crippen molar-refractivity contribution in [2.75, 3.05) is 13.2 Å². The smallest absolute Gasteiger partial charge is 0.379 e. The van der Waals surface area contributed by atoms with Crippen LogP contribution >= 0.6 is 23.2 Å². The average molecular weight is 477 g/mol. The SMILES string of the molecule is CCOc1cc(C=NNC(=O)COc2ccc(Cl)cc2Cl)ccc1OC(=O)c1ccco1. The van der Waals surface area contributed by atoms with Crippen LogP contribution < -0.4 is 19.6 Å². The van der Waals surface area contributed by atoms with Crippen LogP contribution in [0.1, 0.15) is 23.0 Å². The van der Waals surface area contributed by atoms with Gasteiger partial charge in [0.15, 0.2) is 18.1 Å². The molecular formula is C22H18Cl2N2O6.